The number of carbonyl (C=O) groups is 1. The normalized spacial score (nSPS) is 12.3. The third kappa shape index (κ3) is 3.23. The first-order valence-corrected chi connectivity index (χ1v) is 6.25. The summed E-state index contributed by atoms with van der Waals surface area (Å²) in [6, 6.07) is 3.73. The number of benzene rings is 1. The Morgan fingerprint density at radius 2 is 1.90 bits per heavy atom. The number of hydrogen-bond donors (Lipinski definition) is 1. The van der Waals surface area contributed by atoms with Gasteiger partial charge in [0.05, 0.1) is 17.6 Å². The number of esters is 1. The second-order valence-electron chi connectivity index (χ2n) is 5.06. The zero-order valence-electron chi connectivity index (χ0n) is 11.7. The van der Waals surface area contributed by atoms with E-state index in [1.54, 1.807) is 0 Å². The topological polar surface area (TPSA) is 52.3 Å². The third-order valence-corrected chi connectivity index (χ3v) is 3.14. The second kappa shape index (κ2) is 5.73. The van der Waals surface area contributed by atoms with E-state index >= 15 is 0 Å². The van der Waals surface area contributed by atoms with E-state index in [1.165, 1.54) is 12.1 Å². The van der Waals surface area contributed by atoms with Gasteiger partial charge in [0.1, 0.15) is 0 Å². The van der Waals surface area contributed by atoms with Gasteiger partial charge in [-0.3, -0.25) is 0 Å². The minimum absolute atomic E-state index is 0.0253. The summed E-state index contributed by atoms with van der Waals surface area (Å²) in [6.07, 6.45) is -3.80. The van der Waals surface area contributed by atoms with E-state index in [-0.39, 0.29) is 23.4 Å². The van der Waals surface area contributed by atoms with Gasteiger partial charge in [-0.15, -0.1) is 0 Å². The van der Waals surface area contributed by atoms with Crippen LogP contribution in [0.2, 0.25) is 0 Å². The molecule has 0 saturated heterocycles. The molecular weight excluding hydrogens is 271 g/mol. The highest BCUT2D eigenvalue weighted by atomic mass is 19.4. The Morgan fingerprint density at radius 1 is 1.30 bits per heavy atom. The van der Waals surface area contributed by atoms with Crippen LogP contribution in [0.25, 0.3) is 0 Å². The fraction of sp³-hybridized carbons (Fsp3) is 0.500. The molecule has 1 aromatic carbocycles. The number of nitrogen functional groups attached to an aromatic ring is 1. The lowest BCUT2D eigenvalue weighted by molar-refractivity contribution is -0.180. The van der Waals surface area contributed by atoms with Gasteiger partial charge in [0.25, 0.3) is 0 Å². The fourth-order valence-electron chi connectivity index (χ4n) is 1.56. The summed E-state index contributed by atoms with van der Waals surface area (Å²) in [7, 11) is 0. The van der Waals surface area contributed by atoms with Crippen LogP contribution in [-0.2, 0) is 10.2 Å². The quantitative estimate of drug-likeness (QED) is 0.679. The fourth-order valence-corrected chi connectivity index (χ4v) is 1.56. The lowest BCUT2D eigenvalue weighted by atomic mass is 9.83. The molecule has 0 aromatic heterocycles. The summed E-state index contributed by atoms with van der Waals surface area (Å²) in [5, 5.41) is 0. The molecule has 2 N–H and O–H groups in total. The molecule has 0 fully saturated rings. The van der Waals surface area contributed by atoms with Gasteiger partial charge in [-0.1, -0.05) is 13.0 Å². The van der Waals surface area contributed by atoms with Crippen LogP contribution in [0.1, 0.15) is 43.1 Å². The van der Waals surface area contributed by atoms with E-state index in [0.29, 0.717) is 6.42 Å². The minimum Gasteiger partial charge on any atom is -0.462 e. The van der Waals surface area contributed by atoms with Gasteiger partial charge in [0.2, 0.25) is 0 Å². The van der Waals surface area contributed by atoms with Crippen molar-refractivity contribution in [1.82, 2.24) is 0 Å². The predicted molar refractivity (Wildman–Crippen MR) is 70.5 cm³/mol. The molecule has 0 amide bonds. The van der Waals surface area contributed by atoms with Crippen LogP contribution >= 0.6 is 0 Å². The van der Waals surface area contributed by atoms with Gasteiger partial charge in [0, 0.05) is 5.69 Å². The third-order valence-electron chi connectivity index (χ3n) is 3.14. The van der Waals surface area contributed by atoms with Crippen molar-refractivity contribution < 1.29 is 22.7 Å². The van der Waals surface area contributed by atoms with E-state index in [9.17, 15) is 18.0 Å². The summed E-state index contributed by atoms with van der Waals surface area (Å²) in [6.45, 7) is 4.13. The van der Waals surface area contributed by atoms with Gasteiger partial charge in [-0.25, -0.2) is 4.79 Å². The number of anilines is 1. The first-order valence-electron chi connectivity index (χ1n) is 6.25. The highest BCUT2D eigenvalue weighted by Crippen LogP contribution is 2.41. The van der Waals surface area contributed by atoms with E-state index < -0.39 is 17.6 Å². The Balaban J connectivity index is 3.18. The molecule has 20 heavy (non-hydrogen) atoms. The lowest BCUT2D eigenvalue weighted by Gasteiger charge is -2.28. The van der Waals surface area contributed by atoms with Crippen LogP contribution in [0, 0.1) is 0 Å². The number of halogens is 3. The minimum atomic E-state index is -4.42. The lowest BCUT2D eigenvalue weighted by Crippen LogP contribution is -2.36. The molecule has 0 heterocycles. The average molecular weight is 289 g/mol. The molecule has 1 rings (SSSR count). The monoisotopic (exact) mass is 289 g/mol. The van der Waals surface area contributed by atoms with E-state index in [4.69, 9.17) is 10.5 Å². The van der Waals surface area contributed by atoms with Gasteiger partial charge >= 0.3 is 12.1 Å². The van der Waals surface area contributed by atoms with Crippen molar-refractivity contribution in [3.8, 4) is 0 Å². The number of rotatable bonds is 4. The van der Waals surface area contributed by atoms with Crippen LogP contribution in [0.3, 0.4) is 0 Å². The maximum absolute atomic E-state index is 13.0. The first-order chi connectivity index (χ1) is 9.11. The Morgan fingerprint density at radius 3 is 2.40 bits per heavy atom. The second-order valence-corrected chi connectivity index (χ2v) is 5.06. The standard InChI is InChI=1S/C14H18F3NO2/c1-4-7-20-12(19)10-8-9(5-6-11(10)18)13(2,3)14(15,16)17/h5-6,8H,4,7,18H2,1-3H3. The number of alkyl halides is 3. The Hall–Kier alpha value is -1.72. The van der Waals surface area contributed by atoms with Crippen molar-refractivity contribution in [2.75, 3.05) is 12.3 Å². The summed E-state index contributed by atoms with van der Waals surface area (Å²) < 4.78 is 43.9. The molecule has 0 aliphatic carbocycles. The maximum Gasteiger partial charge on any atom is 0.397 e. The van der Waals surface area contributed by atoms with E-state index in [0.717, 1.165) is 19.9 Å². The van der Waals surface area contributed by atoms with Crippen molar-refractivity contribution in [3.05, 3.63) is 29.3 Å². The van der Waals surface area contributed by atoms with E-state index in [2.05, 4.69) is 0 Å². The molecule has 0 radical (unpaired) electrons. The zero-order chi connectivity index (χ0) is 15.6. The molecule has 1 aromatic rings. The van der Waals surface area contributed by atoms with Gasteiger partial charge in [-0.05, 0) is 38.0 Å². The molecule has 0 saturated carbocycles. The van der Waals surface area contributed by atoms with Gasteiger partial charge < -0.3 is 10.5 Å². The average Bonchev–Trinajstić information content (AvgIpc) is 2.34. The molecule has 112 valence electrons. The zero-order valence-corrected chi connectivity index (χ0v) is 11.7. The van der Waals surface area contributed by atoms with Crippen molar-refractivity contribution in [2.45, 2.75) is 38.8 Å². The van der Waals surface area contributed by atoms with Crippen LogP contribution in [0.5, 0.6) is 0 Å². The van der Waals surface area contributed by atoms with Crippen LogP contribution in [0.4, 0.5) is 18.9 Å². The summed E-state index contributed by atoms with van der Waals surface area (Å²) in [5.41, 5.74) is 3.61. The largest absolute Gasteiger partial charge is 0.462 e. The molecule has 0 atom stereocenters. The summed E-state index contributed by atoms with van der Waals surface area (Å²) >= 11 is 0. The van der Waals surface area contributed by atoms with Crippen LogP contribution < -0.4 is 5.73 Å². The molecule has 0 spiro atoms. The molecule has 6 heteroatoms. The molecule has 0 bridgehead atoms. The maximum atomic E-state index is 13.0. The predicted octanol–water partition coefficient (Wildman–Crippen LogP) is 3.68. The van der Waals surface area contributed by atoms with E-state index in [1.807, 2.05) is 6.92 Å². The SMILES string of the molecule is CCCOC(=O)c1cc(C(C)(C)C(F)(F)F)ccc1N. The van der Waals surface area contributed by atoms with Crippen LogP contribution in [-0.4, -0.2) is 18.8 Å². The van der Waals surface area contributed by atoms with Crippen molar-refractivity contribution in [3.63, 3.8) is 0 Å². The van der Waals surface area contributed by atoms with Crippen molar-refractivity contribution >= 4 is 11.7 Å². The number of nitrogens with two attached hydrogens (primary N) is 1. The smallest absolute Gasteiger partial charge is 0.397 e. The number of ether oxygens (including phenoxy) is 1. The Kier molecular flexibility index (Phi) is 4.68. The Labute approximate surface area is 115 Å². The first kappa shape index (κ1) is 16.3. The van der Waals surface area contributed by atoms with Gasteiger partial charge in [0.15, 0.2) is 0 Å². The number of hydrogen-bond acceptors (Lipinski definition) is 3. The van der Waals surface area contributed by atoms with Gasteiger partial charge in [-0.2, -0.15) is 13.2 Å². The molecule has 0 unspecified atom stereocenters. The molecule has 0 aliphatic heterocycles. The Bertz CT molecular complexity index is 496. The van der Waals surface area contributed by atoms with Crippen molar-refractivity contribution in [2.24, 2.45) is 0 Å². The number of carbonyl (C=O) groups excluding carboxylic acids is 1. The highest BCUT2D eigenvalue weighted by molar-refractivity contribution is 5.95. The van der Waals surface area contributed by atoms with Crippen LogP contribution in [0.15, 0.2) is 18.2 Å². The van der Waals surface area contributed by atoms with Crippen molar-refractivity contribution in [1.29, 1.82) is 0 Å². The molecule has 3 nitrogen and oxygen atoms in total. The summed E-state index contributed by atoms with van der Waals surface area (Å²) in [4.78, 5) is 11.8. The molecular formula is C14H18F3NO2. The molecule has 0 aliphatic rings. The highest BCUT2D eigenvalue weighted by Gasteiger charge is 2.48. The summed E-state index contributed by atoms with van der Waals surface area (Å²) in [5.74, 6) is -0.704.